The number of aromatic nitrogens is 2. The lowest BCUT2D eigenvalue weighted by Crippen LogP contribution is -2.52. The van der Waals surface area contributed by atoms with E-state index in [2.05, 4.69) is 135 Å². The Morgan fingerprint density at radius 1 is 0.512 bits per heavy atom. The van der Waals surface area contributed by atoms with Crippen LogP contribution in [0.5, 0.6) is 0 Å². The molecule has 7 rings (SSSR count). The lowest BCUT2D eigenvalue weighted by Gasteiger charge is -2.32. The Bertz CT molecular complexity index is 1710. The van der Waals surface area contributed by atoms with E-state index in [1.54, 1.807) is 0 Å². The Hall–Kier alpha value is -5.16. The molecular formula is C36H29BN4. The van der Waals surface area contributed by atoms with E-state index in [4.69, 9.17) is 0 Å². The molecule has 41 heavy (non-hydrogen) atoms. The molecular weight excluding hydrogens is 499 g/mol. The first-order valence-corrected chi connectivity index (χ1v) is 14.0. The largest absolute Gasteiger partial charge is 0.419 e. The summed E-state index contributed by atoms with van der Waals surface area (Å²) in [7, 11) is 0. The monoisotopic (exact) mass is 528 g/mol. The van der Waals surface area contributed by atoms with E-state index in [9.17, 15) is 0 Å². The van der Waals surface area contributed by atoms with Crippen molar-refractivity contribution in [3.63, 3.8) is 0 Å². The van der Waals surface area contributed by atoms with Crippen LogP contribution in [-0.2, 0) is 0 Å². The van der Waals surface area contributed by atoms with Crippen molar-refractivity contribution in [2.24, 2.45) is 0 Å². The predicted octanol–water partition coefficient (Wildman–Crippen LogP) is 7.56. The van der Waals surface area contributed by atoms with Gasteiger partial charge in [-0.25, -0.2) is 0 Å². The Labute approximate surface area is 241 Å². The van der Waals surface area contributed by atoms with Gasteiger partial charge in [-0.15, -0.1) is 0 Å². The van der Waals surface area contributed by atoms with Crippen molar-refractivity contribution in [2.45, 2.75) is 12.8 Å². The maximum Gasteiger partial charge on any atom is 0.419 e. The van der Waals surface area contributed by atoms with Crippen LogP contribution in [-0.4, -0.2) is 21.8 Å². The zero-order valence-electron chi connectivity index (χ0n) is 22.7. The Morgan fingerprint density at radius 3 is 1.78 bits per heavy atom. The number of nitrogens with zero attached hydrogens (tertiary/aromatic N) is 4. The van der Waals surface area contributed by atoms with Gasteiger partial charge in [-0.2, -0.15) is 0 Å². The van der Waals surface area contributed by atoms with E-state index in [1.165, 1.54) is 33.4 Å². The molecule has 0 spiro atoms. The van der Waals surface area contributed by atoms with Crippen LogP contribution in [0.2, 0.25) is 0 Å². The van der Waals surface area contributed by atoms with Crippen molar-refractivity contribution in [2.75, 3.05) is 4.81 Å². The summed E-state index contributed by atoms with van der Waals surface area (Å²) in [5.41, 5.74) is 11.0. The van der Waals surface area contributed by atoms with Crippen LogP contribution in [0.1, 0.15) is 18.4 Å². The smallest absolute Gasteiger partial charge is 0.370 e. The van der Waals surface area contributed by atoms with Crippen molar-refractivity contribution in [3.8, 4) is 22.3 Å². The van der Waals surface area contributed by atoms with Gasteiger partial charge in [-0.05, 0) is 82.0 Å². The molecule has 196 valence electrons. The number of anilines is 1. The maximum atomic E-state index is 4.31. The third kappa shape index (κ3) is 5.10. The van der Waals surface area contributed by atoms with Crippen LogP contribution in [0.25, 0.3) is 27.8 Å². The van der Waals surface area contributed by atoms with Crippen LogP contribution in [0.4, 0.5) is 5.69 Å². The molecule has 0 radical (unpaired) electrons. The highest BCUT2D eigenvalue weighted by Gasteiger charge is 2.37. The van der Waals surface area contributed by atoms with Gasteiger partial charge in [0.1, 0.15) is 0 Å². The van der Waals surface area contributed by atoms with Gasteiger partial charge in [0.2, 0.25) is 0 Å². The molecule has 3 aromatic carbocycles. The molecule has 0 bridgehead atoms. The van der Waals surface area contributed by atoms with E-state index >= 15 is 0 Å². The summed E-state index contributed by atoms with van der Waals surface area (Å²) in [4.78, 5) is 13.4. The fourth-order valence-electron chi connectivity index (χ4n) is 5.71. The van der Waals surface area contributed by atoms with Crippen LogP contribution in [0.3, 0.4) is 0 Å². The van der Waals surface area contributed by atoms with Crippen LogP contribution in [0.15, 0.2) is 158 Å². The van der Waals surface area contributed by atoms with E-state index in [1.807, 2.05) is 36.9 Å². The molecule has 5 heteroatoms. The molecule has 1 aliphatic heterocycles. The van der Waals surface area contributed by atoms with Crippen molar-refractivity contribution in [3.05, 3.63) is 164 Å². The predicted molar refractivity (Wildman–Crippen MR) is 170 cm³/mol. The van der Waals surface area contributed by atoms with E-state index in [0.717, 1.165) is 29.7 Å². The van der Waals surface area contributed by atoms with Gasteiger partial charge in [0.05, 0.1) is 0 Å². The summed E-state index contributed by atoms with van der Waals surface area (Å²) >= 11 is 0. The summed E-state index contributed by atoms with van der Waals surface area (Å²) in [6, 6.07) is 36.6. The molecule has 0 saturated heterocycles. The first-order valence-electron chi connectivity index (χ1n) is 14.0. The second-order valence-corrected chi connectivity index (χ2v) is 10.4. The summed E-state index contributed by atoms with van der Waals surface area (Å²) in [6.07, 6.45) is 18.4. The molecule has 0 saturated carbocycles. The average Bonchev–Trinajstić information content (AvgIpc) is 3.51. The standard InChI is InChI=1S/C36H29BN4/c1-2-6-28(7-3-1)29-10-16-34(17-11-29)37-40(35-18-12-30(13-19-35)32-8-4-22-38-26-32)24-25-41(37)36-20-14-31(15-21-36)33-9-5-23-39-27-33/h1-14,16-20,22-27H,15,21H2. The number of allylic oxidation sites excluding steroid dienone is 4. The molecule has 4 nitrogen and oxygen atoms in total. The van der Waals surface area contributed by atoms with E-state index in [-0.39, 0.29) is 6.98 Å². The molecule has 0 fully saturated rings. The molecule has 1 aliphatic carbocycles. The highest BCUT2D eigenvalue weighted by molar-refractivity contribution is 6.76. The molecule has 2 aliphatic rings. The summed E-state index contributed by atoms with van der Waals surface area (Å²) in [5, 5.41) is 0. The van der Waals surface area contributed by atoms with Crippen molar-refractivity contribution in [1.29, 1.82) is 0 Å². The zero-order chi connectivity index (χ0) is 27.4. The first kappa shape index (κ1) is 24.9. The number of rotatable bonds is 6. The minimum Gasteiger partial charge on any atom is -0.370 e. The van der Waals surface area contributed by atoms with Gasteiger partial charge in [-0.3, -0.25) is 9.97 Å². The lowest BCUT2D eigenvalue weighted by atomic mass is 9.64. The Morgan fingerprint density at radius 2 is 1.12 bits per heavy atom. The van der Waals surface area contributed by atoms with Gasteiger partial charge in [-0.1, -0.05) is 84.9 Å². The number of pyridine rings is 2. The zero-order valence-corrected chi connectivity index (χ0v) is 22.7. The second kappa shape index (κ2) is 11.1. The number of hydrogen-bond acceptors (Lipinski definition) is 4. The SMILES string of the molecule is C1=CN(c2ccc(-c3cccnc3)cc2)B(c2ccc(-c3ccccc3)cc2)N1C1=CC=C(c2cccnc2)CC1. The fraction of sp³-hybridized carbons (Fsp3) is 0.0556. The normalized spacial score (nSPS) is 14.7. The molecule has 0 atom stereocenters. The van der Waals surface area contributed by atoms with Crippen molar-refractivity contribution in [1.82, 2.24) is 14.8 Å². The first-order chi connectivity index (χ1) is 20.3. The minimum atomic E-state index is 0.0173. The van der Waals surface area contributed by atoms with E-state index in [0.29, 0.717) is 0 Å². The highest BCUT2D eigenvalue weighted by Crippen LogP contribution is 2.33. The minimum absolute atomic E-state index is 0.0173. The van der Waals surface area contributed by atoms with Crippen LogP contribution in [0, 0.1) is 0 Å². The molecule has 0 unspecified atom stereocenters. The summed E-state index contributed by atoms with van der Waals surface area (Å²) in [5.74, 6) is 0. The van der Waals surface area contributed by atoms with E-state index < -0.39 is 0 Å². The second-order valence-electron chi connectivity index (χ2n) is 10.4. The fourth-order valence-corrected chi connectivity index (χ4v) is 5.71. The quantitative estimate of drug-likeness (QED) is 0.213. The highest BCUT2D eigenvalue weighted by atomic mass is 15.3. The topological polar surface area (TPSA) is 32.3 Å². The Kier molecular flexibility index (Phi) is 6.76. The summed E-state index contributed by atoms with van der Waals surface area (Å²) < 4.78 is 0. The van der Waals surface area contributed by atoms with Gasteiger partial charge in [0, 0.05) is 48.6 Å². The maximum absolute atomic E-state index is 4.31. The molecule has 5 aromatic rings. The third-order valence-corrected chi connectivity index (χ3v) is 7.88. The van der Waals surface area contributed by atoms with Crippen LogP contribution < -0.4 is 10.3 Å². The molecule has 0 amide bonds. The van der Waals surface area contributed by atoms with Gasteiger partial charge in [0.25, 0.3) is 0 Å². The number of hydrogen-bond donors (Lipinski definition) is 0. The number of benzene rings is 3. The van der Waals surface area contributed by atoms with Gasteiger partial charge in [0.15, 0.2) is 0 Å². The molecule has 2 aromatic heterocycles. The lowest BCUT2D eigenvalue weighted by molar-refractivity contribution is 0.672. The average molecular weight is 528 g/mol. The third-order valence-electron chi connectivity index (χ3n) is 7.88. The van der Waals surface area contributed by atoms with Gasteiger partial charge >= 0.3 is 6.98 Å². The van der Waals surface area contributed by atoms with Crippen molar-refractivity contribution >= 4 is 23.7 Å². The van der Waals surface area contributed by atoms with Crippen LogP contribution >= 0.6 is 0 Å². The Balaban J connectivity index is 1.22. The molecule has 0 N–H and O–H groups in total. The van der Waals surface area contributed by atoms with Crippen molar-refractivity contribution < 1.29 is 0 Å². The summed E-state index contributed by atoms with van der Waals surface area (Å²) in [6.45, 7) is 0.0173. The van der Waals surface area contributed by atoms with Gasteiger partial charge < -0.3 is 9.62 Å². The molecule has 3 heterocycles.